The van der Waals surface area contributed by atoms with Gasteiger partial charge in [-0.25, -0.2) is 0 Å². The number of hydrogen-bond acceptors (Lipinski definition) is 1. The van der Waals surface area contributed by atoms with Crippen LogP contribution in [0.5, 0.6) is 0 Å². The summed E-state index contributed by atoms with van der Waals surface area (Å²) in [7, 11) is 0. The van der Waals surface area contributed by atoms with E-state index in [4.69, 9.17) is 0 Å². The fourth-order valence-electron chi connectivity index (χ4n) is 2.09. The van der Waals surface area contributed by atoms with Crippen molar-refractivity contribution in [1.82, 2.24) is 5.32 Å². The van der Waals surface area contributed by atoms with Crippen LogP contribution in [0.1, 0.15) is 53.4 Å². The van der Waals surface area contributed by atoms with E-state index in [0.717, 1.165) is 19.3 Å². The second kappa shape index (κ2) is 4.33. The van der Waals surface area contributed by atoms with Gasteiger partial charge in [0.05, 0.1) is 0 Å². The molecule has 0 heterocycles. The van der Waals surface area contributed by atoms with Crippen molar-refractivity contribution < 1.29 is 4.79 Å². The molecule has 0 bridgehead atoms. The summed E-state index contributed by atoms with van der Waals surface area (Å²) < 4.78 is 0. The van der Waals surface area contributed by atoms with Gasteiger partial charge in [0.2, 0.25) is 5.91 Å². The lowest BCUT2D eigenvalue weighted by Crippen LogP contribution is -2.36. The second-order valence-electron chi connectivity index (χ2n) is 5.42. The first-order chi connectivity index (χ1) is 6.44. The Morgan fingerprint density at radius 3 is 2.64 bits per heavy atom. The van der Waals surface area contributed by atoms with E-state index in [-0.39, 0.29) is 11.8 Å². The third-order valence-corrected chi connectivity index (χ3v) is 3.37. The highest BCUT2D eigenvalue weighted by atomic mass is 16.1. The van der Waals surface area contributed by atoms with Crippen molar-refractivity contribution in [3.05, 3.63) is 0 Å². The van der Waals surface area contributed by atoms with Crippen LogP contribution in [-0.4, -0.2) is 11.9 Å². The molecule has 1 aliphatic rings. The average molecular weight is 197 g/mol. The summed E-state index contributed by atoms with van der Waals surface area (Å²) in [5.74, 6) is 0.397. The van der Waals surface area contributed by atoms with Gasteiger partial charge >= 0.3 is 0 Å². The standard InChI is InChI=1S/C12H23NO/c1-5-9(2)11(14)13-10-6-7-12(3,4)8-10/h9-10H,5-8H2,1-4H3,(H,13,14). The fourth-order valence-corrected chi connectivity index (χ4v) is 2.09. The van der Waals surface area contributed by atoms with Gasteiger partial charge in [0.15, 0.2) is 0 Å². The molecular weight excluding hydrogens is 174 g/mol. The second-order valence-corrected chi connectivity index (χ2v) is 5.42. The van der Waals surface area contributed by atoms with Gasteiger partial charge in [-0.1, -0.05) is 27.7 Å². The van der Waals surface area contributed by atoms with E-state index in [1.807, 2.05) is 6.92 Å². The van der Waals surface area contributed by atoms with E-state index >= 15 is 0 Å². The van der Waals surface area contributed by atoms with Crippen molar-refractivity contribution in [1.29, 1.82) is 0 Å². The molecule has 0 aromatic carbocycles. The van der Waals surface area contributed by atoms with Gasteiger partial charge in [-0.05, 0) is 31.1 Å². The topological polar surface area (TPSA) is 29.1 Å². The van der Waals surface area contributed by atoms with E-state index in [0.29, 0.717) is 11.5 Å². The lowest BCUT2D eigenvalue weighted by Gasteiger charge is -2.19. The van der Waals surface area contributed by atoms with Crippen molar-refractivity contribution in [3.8, 4) is 0 Å². The molecule has 2 atom stereocenters. The Labute approximate surface area is 87.5 Å². The SMILES string of the molecule is CCC(C)C(=O)NC1CCC(C)(C)C1. The van der Waals surface area contributed by atoms with Crippen molar-refractivity contribution in [2.45, 2.75) is 59.4 Å². The minimum Gasteiger partial charge on any atom is -0.353 e. The molecule has 0 radical (unpaired) electrons. The molecule has 1 amide bonds. The molecule has 0 spiro atoms. The molecular formula is C12H23NO. The Morgan fingerprint density at radius 2 is 2.21 bits per heavy atom. The predicted molar refractivity (Wildman–Crippen MR) is 59.0 cm³/mol. The number of nitrogens with one attached hydrogen (secondary N) is 1. The zero-order valence-corrected chi connectivity index (χ0v) is 9.89. The normalized spacial score (nSPS) is 27.3. The first kappa shape index (κ1) is 11.5. The smallest absolute Gasteiger partial charge is 0.223 e. The first-order valence-electron chi connectivity index (χ1n) is 5.75. The van der Waals surface area contributed by atoms with E-state index in [1.54, 1.807) is 0 Å². The van der Waals surface area contributed by atoms with Gasteiger partial charge in [0, 0.05) is 12.0 Å². The lowest BCUT2D eigenvalue weighted by molar-refractivity contribution is -0.125. The summed E-state index contributed by atoms with van der Waals surface area (Å²) >= 11 is 0. The van der Waals surface area contributed by atoms with Gasteiger partial charge in [-0.15, -0.1) is 0 Å². The largest absolute Gasteiger partial charge is 0.353 e. The van der Waals surface area contributed by atoms with Gasteiger partial charge < -0.3 is 5.32 Å². The average Bonchev–Trinajstić information content (AvgIpc) is 2.44. The number of hydrogen-bond donors (Lipinski definition) is 1. The van der Waals surface area contributed by atoms with Crippen LogP contribution in [0.15, 0.2) is 0 Å². The van der Waals surface area contributed by atoms with Crippen LogP contribution < -0.4 is 5.32 Å². The maximum atomic E-state index is 11.6. The molecule has 14 heavy (non-hydrogen) atoms. The van der Waals surface area contributed by atoms with Gasteiger partial charge in [-0.3, -0.25) is 4.79 Å². The molecule has 82 valence electrons. The maximum absolute atomic E-state index is 11.6. The molecule has 2 nitrogen and oxygen atoms in total. The molecule has 1 saturated carbocycles. The van der Waals surface area contributed by atoms with Crippen LogP contribution in [0.4, 0.5) is 0 Å². The van der Waals surface area contributed by atoms with Crippen molar-refractivity contribution in [2.24, 2.45) is 11.3 Å². The Morgan fingerprint density at radius 1 is 1.57 bits per heavy atom. The van der Waals surface area contributed by atoms with Crippen molar-refractivity contribution in [3.63, 3.8) is 0 Å². The van der Waals surface area contributed by atoms with Crippen LogP contribution in [0, 0.1) is 11.3 Å². The van der Waals surface area contributed by atoms with Crippen molar-refractivity contribution in [2.75, 3.05) is 0 Å². The minimum atomic E-state index is 0.165. The summed E-state index contributed by atoms with van der Waals surface area (Å²) in [4.78, 5) is 11.6. The van der Waals surface area contributed by atoms with Crippen LogP contribution in [0.2, 0.25) is 0 Å². The summed E-state index contributed by atoms with van der Waals surface area (Å²) in [6, 6.07) is 0.423. The number of carbonyl (C=O) groups excluding carboxylic acids is 1. The zero-order valence-electron chi connectivity index (χ0n) is 9.89. The fraction of sp³-hybridized carbons (Fsp3) is 0.917. The van der Waals surface area contributed by atoms with Crippen LogP contribution in [0.3, 0.4) is 0 Å². The van der Waals surface area contributed by atoms with Gasteiger partial charge in [-0.2, -0.15) is 0 Å². The Bertz CT molecular complexity index is 210. The van der Waals surface area contributed by atoms with E-state index in [1.165, 1.54) is 6.42 Å². The molecule has 1 fully saturated rings. The quantitative estimate of drug-likeness (QED) is 0.740. The third kappa shape index (κ3) is 3.00. The van der Waals surface area contributed by atoms with E-state index in [9.17, 15) is 4.79 Å². The van der Waals surface area contributed by atoms with E-state index < -0.39 is 0 Å². The van der Waals surface area contributed by atoms with Gasteiger partial charge in [0.1, 0.15) is 0 Å². The summed E-state index contributed by atoms with van der Waals surface area (Å²) in [6.07, 6.45) is 4.45. The summed E-state index contributed by atoms with van der Waals surface area (Å²) in [6.45, 7) is 8.61. The number of amides is 1. The molecule has 0 saturated heterocycles. The molecule has 1 aliphatic carbocycles. The summed E-state index contributed by atoms with van der Waals surface area (Å²) in [5, 5.41) is 3.15. The predicted octanol–water partition coefficient (Wildman–Crippen LogP) is 2.73. The molecule has 1 N–H and O–H groups in total. The number of rotatable bonds is 3. The first-order valence-corrected chi connectivity index (χ1v) is 5.75. The Kier molecular flexibility index (Phi) is 3.57. The van der Waals surface area contributed by atoms with Gasteiger partial charge in [0.25, 0.3) is 0 Å². The molecule has 2 heteroatoms. The summed E-state index contributed by atoms with van der Waals surface area (Å²) in [5.41, 5.74) is 0.424. The Balaban J connectivity index is 2.36. The molecule has 0 aliphatic heterocycles. The molecule has 0 aromatic rings. The van der Waals surface area contributed by atoms with Crippen LogP contribution in [0.25, 0.3) is 0 Å². The monoisotopic (exact) mass is 197 g/mol. The highest BCUT2D eigenvalue weighted by Crippen LogP contribution is 2.36. The van der Waals surface area contributed by atoms with Crippen LogP contribution in [-0.2, 0) is 4.79 Å². The molecule has 1 rings (SSSR count). The minimum absolute atomic E-state index is 0.165. The Hall–Kier alpha value is -0.530. The highest BCUT2D eigenvalue weighted by molar-refractivity contribution is 5.78. The number of carbonyl (C=O) groups is 1. The molecule has 2 unspecified atom stereocenters. The third-order valence-electron chi connectivity index (χ3n) is 3.37. The highest BCUT2D eigenvalue weighted by Gasteiger charge is 2.31. The van der Waals surface area contributed by atoms with Crippen molar-refractivity contribution >= 4 is 5.91 Å². The van der Waals surface area contributed by atoms with Crippen LogP contribution >= 0.6 is 0 Å². The maximum Gasteiger partial charge on any atom is 0.223 e. The lowest BCUT2D eigenvalue weighted by atomic mass is 9.92. The van der Waals surface area contributed by atoms with E-state index in [2.05, 4.69) is 26.1 Å². The zero-order chi connectivity index (χ0) is 10.8. The molecule has 0 aromatic heterocycles.